The Labute approximate surface area is 160 Å². The molecular formula is C19H13Cl2N5. The average molecular weight is 382 g/mol. The van der Waals surface area contributed by atoms with E-state index in [-0.39, 0.29) is 0 Å². The van der Waals surface area contributed by atoms with E-state index in [2.05, 4.69) is 25.6 Å². The van der Waals surface area contributed by atoms with E-state index in [0.29, 0.717) is 27.5 Å². The lowest BCUT2D eigenvalue weighted by atomic mass is 10.2. The summed E-state index contributed by atoms with van der Waals surface area (Å²) < 4.78 is 0. The van der Waals surface area contributed by atoms with E-state index < -0.39 is 0 Å². The molecular weight excluding hydrogens is 369 g/mol. The minimum atomic E-state index is 0.457. The van der Waals surface area contributed by atoms with Gasteiger partial charge in [-0.2, -0.15) is 4.98 Å². The molecule has 0 atom stereocenters. The predicted molar refractivity (Wildman–Crippen MR) is 107 cm³/mol. The Kier molecular flexibility index (Phi) is 4.56. The average Bonchev–Trinajstić information content (AvgIpc) is 2.65. The van der Waals surface area contributed by atoms with Crippen molar-refractivity contribution in [1.82, 2.24) is 15.0 Å². The van der Waals surface area contributed by atoms with Crippen molar-refractivity contribution in [2.24, 2.45) is 0 Å². The first-order valence-electron chi connectivity index (χ1n) is 7.85. The monoisotopic (exact) mass is 381 g/mol. The van der Waals surface area contributed by atoms with Crippen LogP contribution in [-0.2, 0) is 0 Å². The van der Waals surface area contributed by atoms with Crippen LogP contribution in [0, 0.1) is 0 Å². The molecule has 0 saturated carbocycles. The molecule has 26 heavy (non-hydrogen) atoms. The number of anilines is 4. The molecule has 2 N–H and O–H groups in total. The van der Waals surface area contributed by atoms with E-state index in [1.165, 1.54) is 0 Å². The van der Waals surface area contributed by atoms with Gasteiger partial charge in [0.15, 0.2) is 0 Å². The highest BCUT2D eigenvalue weighted by atomic mass is 35.5. The maximum atomic E-state index is 6.20. The standard InChI is InChI=1S/C19H13Cl2N5/c20-13-6-7-15(14(21)11-13)24-17-8-10-23-19(26-17)25-16-5-1-3-12-4-2-9-22-18(12)16/h1-11H,(H2,23,24,25,26). The molecule has 2 heterocycles. The van der Waals surface area contributed by atoms with Crippen LogP contribution in [0.15, 0.2) is 67.0 Å². The lowest BCUT2D eigenvalue weighted by Gasteiger charge is -2.11. The first-order chi connectivity index (χ1) is 12.7. The Balaban J connectivity index is 1.61. The molecule has 0 radical (unpaired) electrons. The molecule has 7 heteroatoms. The quantitative estimate of drug-likeness (QED) is 0.466. The Morgan fingerprint density at radius 2 is 1.65 bits per heavy atom. The number of pyridine rings is 1. The fraction of sp³-hybridized carbons (Fsp3) is 0. The van der Waals surface area contributed by atoms with Crippen molar-refractivity contribution in [3.8, 4) is 0 Å². The van der Waals surface area contributed by atoms with Crippen molar-refractivity contribution in [2.75, 3.05) is 10.6 Å². The van der Waals surface area contributed by atoms with Crippen LogP contribution in [0.2, 0.25) is 10.0 Å². The number of benzene rings is 2. The fourth-order valence-corrected chi connectivity index (χ4v) is 3.00. The predicted octanol–water partition coefficient (Wildman–Crippen LogP) is 5.82. The summed E-state index contributed by atoms with van der Waals surface area (Å²) in [5.74, 6) is 1.07. The fourth-order valence-electron chi connectivity index (χ4n) is 2.54. The SMILES string of the molecule is Clc1ccc(Nc2ccnc(Nc3cccc4cccnc34)n2)c(Cl)c1. The van der Waals surface area contributed by atoms with Crippen LogP contribution in [0.1, 0.15) is 0 Å². The first-order valence-corrected chi connectivity index (χ1v) is 8.60. The molecule has 0 fully saturated rings. The van der Waals surface area contributed by atoms with Gasteiger partial charge in [0.05, 0.1) is 21.9 Å². The molecule has 0 aliphatic heterocycles. The molecule has 0 aliphatic carbocycles. The second-order valence-electron chi connectivity index (χ2n) is 5.52. The summed E-state index contributed by atoms with van der Waals surface area (Å²) in [5.41, 5.74) is 2.41. The van der Waals surface area contributed by atoms with Crippen molar-refractivity contribution < 1.29 is 0 Å². The van der Waals surface area contributed by atoms with Gasteiger partial charge >= 0.3 is 0 Å². The zero-order valence-electron chi connectivity index (χ0n) is 13.4. The van der Waals surface area contributed by atoms with Gasteiger partial charge in [-0.15, -0.1) is 0 Å². The summed E-state index contributed by atoms with van der Waals surface area (Å²) in [4.78, 5) is 13.2. The molecule has 0 aliphatic rings. The van der Waals surface area contributed by atoms with E-state index in [1.807, 2.05) is 30.3 Å². The Morgan fingerprint density at radius 1 is 0.769 bits per heavy atom. The second-order valence-corrected chi connectivity index (χ2v) is 6.36. The molecule has 4 rings (SSSR count). The van der Waals surface area contributed by atoms with Gasteiger partial charge in [-0.1, -0.05) is 41.4 Å². The number of rotatable bonds is 4. The summed E-state index contributed by atoms with van der Waals surface area (Å²) in [6, 6.07) is 16.8. The molecule has 0 bridgehead atoms. The third kappa shape index (κ3) is 3.54. The largest absolute Gasteiger partial charge is 0.339 e. The lowest BCUT2D eigenvalue weighted by molar-refractivity contribution is 1.17. The Morgan fingerprint density at radius 3 is 2.54 bits per heavy atom. The number of nitrogens with zero attached hydrogens (tertiary/aromatic N) is 3. The maximum Gasteiger partial charge on any atom is 0.229 e. The summed E-state index contributed by atoms with van der Waals surface area (Å²) >= 11 is 12.1. The number of halogens is 2. The van der Waals surface area contributed by atoms with Crippen LogP contribution in [0.4, 0.5) is 23.1 Å². The lowest BCUT2D eigenvalue weighted by Crippen LogP contribution is -2.01. The van der Waals surface area contributed by atoms with Crippen molar-refractivity contribution in [3.05, 3.63) is 77.0 Å². The van der Waals surface area contributed by atoms with Crippen molar-refractivity contribution in [2.45, 2.75) is 0 Å². The summed E-state index contributed by atoms with van der Waals surface area (Å²) in [6.07, 6.45) is 3.43. The van der Waals surface area contributed by atoms with Gasteiger partial charge in [0.1, 0.15) is 5.82 Å². The summed E-state index contributed by atoms with van der Waals surface area (Å²) in [5, 5.41) is 8.52. The number of nitrogens with one attached hydrogen (secondary N) is 2. The van der Waals surface area contributed by atoms with E-state index in [1.54, 1.807) is 36.7 Å². The highest BCUT2D eigenvalue weighted by Crippen LogP contribution is 2.28. The highest BCUT2D eigenvalue weighted by Gasteiger charge is 2.06. The number of hydrogen-bond acceptors (Lipinski definition) is 5. The third-order valence-electron chi connectivity index (χ3n) is 3.73. The highest BCUT2D eigenvalue weighted by molar-refractivity contribution is 6.36. The summed E-state index contributed by atoms with van der Waals surface area (Å²) in [7, 11) is 0. The molecule has 2 aromatic carbocycles. The van der Waals surface area contributed by atoms with Crippen LogP contribution < -0.4 is 10.6 Å². The van der Waals surface area contributed by atoms with Crippen molar-refractivity contribution in [3.63, 3.8) is 0 Å². The Bertz CT molecular complexity index is 1080. The topological polar surface area (TPSA) is 62.7 Å². The van der Waals surface area contributed by atoms with Gasteiger partial charge in [-0.05, 0) is 36.4 Å². The van der Waals surface area contributed by atoms with Crippen LogP contribution in [-0.4, -0.2) is 15.0 Å². The van der Waals surface area contributed by atoms with Crippen molar-refractivity contribution in [1.29, 1.82) is 0 Å². The molecule has 4 aromatic rings. The first kappa shape index (κ1) is 16.6. The zero-order chi connectivity index (χ0) is 17.9. The molecule has 0 amide bonds. The van der Waals surface area contributed by atoms with Crippen LogP contribution >= 0.6 is 23.2 Å². The van der Waals surface area contributed by atoms with Gasteiger partial charge in [0.2, 0.25) is 5.95 Å². The molecule has 128 valence electrons. The van der Waals surface area contributed by atoms with Crippen LogP contribution in [0.5, 0.6) is 0 Å². The van der Waals surface area contributed by atoms with Gasteiger partial charge in [0.25, 0.3) is 0 Å². The number of hydrogen-bond donors (Lipinski definition) is 2. The minimum absolute atomic E-state index is 0.457. The molecule has 0 spiro atoms. The van der Waals surface area contributed by atoms with E-state index in [9.17, 15) is 0 Å². The minimum Gasteiger partial charge on any atom is -0.339 e. The van der Waals surface area contributed by atoms with E-state index >= 15 is 0 Å². The van der Waals surface area contributed by atoms with Crippen molar-refractivity contribution >= 4 is 57.2 Å². The maximum absolute atomic E-state index is 6.20. The molecule has 0 unspecified atom stereocenters. The van der Waals surface area contributed by atoms with Crippen LogP contribution in [0.3, 0.4) is 0 Å². The number of aromatic nitrogens is 3. The van der Waals surface area contributed by atoms with Gasteiger partial charge in [-0.25, -0.2) is 4.98 Å². The molecule has 0 saturated heterocycles. The number of para-hydroxylation sites is 1. The Hall–Kier alpha value is -2.89. The third-order valence-corrected chi connectivity index (χ3v) is 4.28. The van der Waals surface area contributed by atoms with Gasteiger partial charge in [0, 0.05) is 22.8 Å². The summed E-state index contributed by atoms with van der Waals surface area (Å²) in [6.45, 7) is 0. The van der Waals surface area contributed by atoms with E-state index in [4.69, 9.17) is 23.2 Å². The second kappa shape index (κ2) is 7.15. The zero-order valence-corrected chi connectivity index (χ0v) is 15.0. The van der Waals surface area contributed by atoms with Crippen LogP contribution in [0.25, 0.3) is 10.9 Å². The van der Waals surface area contributed by atoms with Gasteiger partial charge < -0.3 is 10.6 Å². The number of fused-ring (bicyclic) bond motifs is 1. The van der Waals surface area contributed by atoms with E-state index in [0.717, 1.165) is 16.6 Å². The molecule has 5 nitrogen and oxygen atoms in total. The smallest absolute Gasteiger partial charge is 0.229 e. The van der Waals surface area contributed by atoms with Gasteiger partial charge in [-0.3, -0.25) is 4.98 Å². The normalized spacial score (nSPS) is 10.7. The molecule has 2 aromatic heterocycles.